The first-order valence-corrected chi connectivity index (χ1v) is 7.44. The number of aromatic amines is 1. The Labute approximate surface area is 137 Å². The standard InChI is InChI=1S/C15H16ClN3O4/c1-21-12-3-2-9(16)6-10(12)11-7-14(19-18-11)17-15(20)13-8-22-4-5-23-13/h2-3,6-7,13H,4-5,8H2,1H3,(H2,17,18,19,20)/t13-/m1/s1. The first-order chi connectivity index (χ1) is 11.2. The van der Waals surface area contributed by atoms with Gasteiger partial charge in [0.15, 0.2) is 11.9 Å². The van der Waals surface area contributed by atoms with Crippen LogP contribution in [0.2, 0.25) is 5.02 Å². The van der Waals surface area contributed by atoms with Gasteiger partial charge >= 0.3 is 0 Å². The number of hydrogen-bond donors (Lipinski definition) is 2. The third-order valence-electron chi connectivity index (χ3n) is 3.39. The number of carbonyl (C=O) groups is 1. The summed E-state index contributed by atoms with van der Waals surface area (Å²) >= 11 is 6.03. The molecule has 122 valence electrons. The van der Waals surface area contributed by atoms with Crippen molar-refractivity contribution in [1.29, 1.82) is 0 Å². The van der Waals surface area contributed by atoms with Crippen LogP contribution in [0.25, 0.3) is 11.3 Å². The summed E-state index contributed by atoms with van der Waals surface area (Å²) in [7, 11) is 1.58. The molecule has 1 aliphatic heterocycles. The van der Waals surface area contributed by atoms with Crippen molar-refractivity contribution in [2.75, 3.05) is 32.2 Å². The van der Waals surface area contributed by atoms with Gasteiger partial charge in [-0.1, -0.05) is 11.6 Å². The molecule has 1 saturated heterocycles. The molecular formula is C15H16ClN3O4. The quantitative estimate of drug-likeness (QED) is 0.892. The molecular weight excluding hydrogens is 322 g/mol. The number of methoxy groups -OCH3 is 1. The number of benzene rings is 1. The van der Waals surface area contributed by atoms with Gasteiger partial charge in [0, 0.05) is 16.7 Å². The number of amides is 1. The van der Waals surface area contributed by atoms with Gasteiger partial charge < -0.3 is 19.5 Å². The summed E-state index contributed by atoms with van der Waals surface area (Å²) in [6.07, 6.45) is -0.621. The Morgan fingerprint density at radius 1 is 1.43 bits per heavy atom. The Balaban J connectivity index is 1.75. The molecule has 0 unspecified atom stereocenters. The lowest BCUT2D eigenvalue weighted by Crippen LogP contribution is -2.39. The van der Waals surface area contributed by atoms with Gasteiger partial charge in [-0.2, -0.15) is 5.10 Å². The van der Waals surface area contributed by atoms with Crippen LogP contribution in [-0.2, 0) is 14.3 Å². The monoisotopic (exact) mass is 337 g/mol. The number of H-pyrrole nitrogens is 1. The van der Waals surface area contributed by atoms with Crippen LogP contribution in [0.15, 0.2) is 24.3 Å². The minimum atomic E-state index is -0.621. The van der Waals surface area contributed by atoms with Gasteiger partial charge in [-0.25, -0.2) is 0 Å². The van der Waals surface area contributed by atoms with Crippen molar-refractivity contribution in [2.24, 2.45) is 0 Å². The van der Waals surface area contributed by atoms with E-state index in [0.717, 1.165) is 5.56 Å². The molecule has 1 aromatic heterocycles. The Morgan fingerprint density at radius 3 is 3.04 bits per heavy atom. The van der Waals surface area contributed by atoms with Crippen molar-refractivity contribution < 1.29 is 19.0 Å². The summed E-state index contributed by atoms with van der Waals surface area (Å²) in [5, 5.41) is 10.2. The van der Waals surface area contributed by atoms with Gasteiger partial charge in [0.25, 0.3) is 5.91 Å². The Morgan fingerprint density at radius 2 is 2.30 bits per heavy atom. The lowest BCUT2D eigenvalue weighted by atomic mass is 10.1. The Kier molecular flexibility index (Phi) is 4.80. The zero-order valence-electron chi connectivity index (χ0n) is 12.5. The summed E-state index contributed by atoms with van der Waals surface area (Å²) in [5.74, 6) is 0.752. The van der Waals surface area contributed by atoms with Crippen LogP contribution >= 0.6 is 11.6 Å². The van der Waals surface area contributed by atoms with Crippen LogP contribution in [0.4, 0.5) is 5.82 Å². The largest absolute Gasteiger partial charge is 0.496 e. The second kappa shape index (κ2) is 6.99. The van der Waals surface area contributed by atoms with Crippen LogP contribution in [0.1, 0.15) is 0 Å². The summed E-state index contributed by atoms with van der Waals surface area (Å²) in [6.45, 7) is 1.15. The van der Waals surface area contributed by atoms with Crippen LogP contribution in [0.5, 0.6) is 5.75 Å². The highest BCUT2D eigenvalue weighted by atomic mass is 35.5. The zero-order valence-corrected chi connectivity index (χ0v) is 13.2. The van der Waals surface area contributed by atoms with Crippen molar-refractivity contribution in [3.63, 3.8) is 0 Å². The Hall–Kier alpha value is -2.09. The van der Waals surface area contributed by atoms with Gasteiger partial charge in [0.2, 0.25) is 0 Å². The fourth-order valence-corrected chi connectivity index (χ4v) is 2.43. The van der Waals surface area contributed by atoms with Gasteiger partial charge in [0.05, 0.1) is 32.6 Å². The number of halogens is 1. The fraction of sp³-hybridized carbons (Fsp3) is 0.333. The second-order valence-electron chi connectivity index (χ2n) is 4.94. The predicted octanol–water partition coefficient (Wildman–Crippen LogP) is 2.09. The molecule has 2 heterocycles. The molecule has 3 rings (SSSR count). The molecule has 23 heavy (non-hydrogen) atoms. The van der Waals surface area contributed by atoms with E-state index in [9.17, 15) is 4.79 Å². The molecule has 0 saturated carbocycles. The van der Waals surface area contributed by atoms with Gasteiger partial charge in [-0.3, -0.25) is 9.89 Å². The summed E-state index contributed by atoms with van der Waals surface area (Å²) in [4.78, 5) is 12.1. The van der Waals surface area contributed by atoms with E-state index >= 15 is 0 Å². The molecule has 8 heteroatoms. The third kappa shape index (κ3) is 3.64. The molecule has 0 spiro atoms. The molecule has 1 fully saturated rings. The number of hydrogen-bond acceptors (Lipinski definition) is 5. The number of rotatable bonds is 4. The molecule has 0 bridgehead atoms. The number of aromatic nitrogens is 2. The molecule has 1 aromatic carbocycles. The fourth-order valence-electron chi connectivity index (χ4n) is 2.26. The van der Waals surface area contributed by atoms with Crippen molar-refractivity contribution in [1.82, 2.24) is 10.2 Å². The summed E-state index contributed by atoms with van der Waals surface area (Å²) < 4.78 is 15.9. The first kappa shape index (κ1) is 15.8. The molecule has 0 radical (unpaired) electrons. The normalized spacial score (nSPS) is 17.7. The third-order valence-corrected chi connectivity index (χ3v) is 3.62. The van der Waals surface area contributed by atoms with Crippen LogP contribution < -0.4 is 10.1 Å². The van der Waals surface area contributed by atoms with Crippen LogP contribution in [-0.4, -0.2) is 49.1 Å². The SMILES string of the molecule is COc1ccc(Cl)cc1-c1cc(NC(=O)[C@H]2COCCO2)n[nH]1. The summed E-state index contributed by atoms with van der Waals surface area (Å²) in [5.41, 5.74) is 1.44. The summed E-state index contributed by atoms with van der Waals surface area (Å²) in [6, 6.07) is 6.97. The van der Waals surface area contributed by atoms with E-state index in [4.69, 9.17) is 25.8 Å². The van der Waals surface area contributed by atoms with Crippen molar-refractivity contribution in [3.8, 4) is 17.0 Å². The molecule has 1 atom stereocenters. The number of nitrogens with zero attached hydrogens (tertiary/aromatic N) is 1. The van der Waals surface area contributed by atoms with E-state index in [-0.39, 0.29) is 12.5 Å². The maximum Gasteiger partial charge on any atom is 0.257 e. The lowest BCUT2D eigenvalue weighted by Gasteiger charge is -2.21. The molecule has 7 nitrogen and oxygen atoms in total. The van der Waals surface area contributed by atoms with Crippen molar-refractivity contribution in [3.05, 3.63) is 29.3 Å². The minimum Gasteiger partial charge on any atom is -0.496 e. The van der Waals surface area contributed by atoms with Crippen LogP contribution in [0, 0.1) is 0 Å². The molecule has 2 aromatic rings. The second-order valence-corrected chi connectivity index (χ2v) is 5.37. The van der Waals surface area contributed by atoms with E-state index in [1.807, 2.05) is 0 Å². The topological polar surface area (TPSA) is 85.5 Å². The number of carbonyl (C=O) groups excluding carboxylic acids is 1. The highest BCUT2D eigenvalue weighted by Crippen LogP contribution is 2.32. The number of anilines is 1. The number of ether oxygens (including phenoxy) is 3. The zero-order chi connectivity index (χ0) is 16.2. The highest BCUT2D eigenvalue weighted by Gasteiger charge is 2.23. The lowest BCUT2D eigenvalue weighted by molar-refractivity contribution is -0.142. The molecule has 1 amide bonds. The van der Waals surface area contributed by atoms with Gasteiger partial charge in [0.1, 0.15) is 5.75 Å². The van der Waals surface area contributed by atoms with Crippen LogP contribution in [0.3, 0.4) is 0 Å². The minimum absolute atomic E-state index is 0.241. The molecule has 2 N–H and O–H groups in total. The maximum absolute atomic E-state index is 12.1. The smallest absolute Gasteiger partial charge is 0.257 e. The number of nitrogens with one attached hydrogen (secondary N) is 2. The van der Waals surface area contributed by atoms with E-state index in [0.29, 0.717) is 35.5 Å². The Bertz CT molecular complexity index is 698. The predicted molar refractivity (Wildman–Crippen MR) is 84.8 cm³/mol. The molecule has 0 aliphatic carbocycles. The average Bonchev–Trinajstić information content (AvgIpc) is 3.04. The van der Waals surface area contributed by atoms with Crippen molar-refractivity contribution >= 4 is 23.3 Å². The van der Waals surface area contributed by atoms with E-state index in [2.05, 4.69) is 15.5 Å². The van der Waals surface area contributed by atoms with E-state index < -0.39 is 6.10 Å². The van der Waals surface area contributed by atoms with Gasteiger partial charge in [-0.15, -0.1) is 0 Å². The molecule has 1 aliphatic rings. The maximum atomic E-state index is 12.1. The first-order valence-electron chi connectivity index (χ1n) is 7.07. The van der Waals surface area contributed by atoms with E-state index in [1.165, 1.54) is 0 Å². The van der Waals surface area contributed by atoms with E-state index in [1.54, 1.807) is 31.4 Å². The highest BCUT2D eigenvalue weighted by molar-refractivity contribution is 6.31. The van der Waals surface area contributed by atoms with Gasteiger partial charge in [-0.05, 0) is 18.2 Å². The average molecular weight is 338 g/mol. The van der Waals surface area contributed by atoms with Crippen molar-refractivity contribution in [2.45, 2.75) is 6.10 Å².